The van der Waals surface area contributed by atoms with Crippen LogP contribution >= 0.6 is 0 Å². The van der Waals surface area contributed by atoms with E-state index in [1.165, 1.54) is 12.8 Å². The van der Waals surface area contributed by atoms with Gasteiger partial charge in [-0.3, -0.25) is 0 Å². The van der Waals surface area contributed by atoms with E-state index in [9.17, 15) is 4.79 Å². The molecule has 0 spiro atoms. The lowest BCUT2D eigenvalue weighted by molar-refractivity contribution is 0.114. The van der Waals surface area contributed by atoms with Crippen molar-refractivity contribution in [2.24, 2.45) is 5.92 Å². The van der Waals surface area contributed by atoms with E-state index in [2.05, 4.69) is 5.32 Å². The molecule has 14 heavy (non-hydrogen) atoms. The van der Waals surface area contributed by atoms with Crippen LogP contribution in [-0.4, -0.2) is 43.3 Å². The van der Waals surface area contributed by atoms with Crippen molar-refractivity contribution in [2.75, 3.05) is 26.2 Å². The summed E-state index contributed by atoms with van der Waals surface area (Å²) in [6, 6.07) is 0.508. The van der Waals surface area contributed by atoms with E-state index in [0.717, 1.165) is 19.6 Å². The Morgan fingerprint density at radius 1 is 1.57 bits per heavy atom. The number of ether oxygens (including phenoxy) is 1. The first kappa shape index (κ1) is 9.77. The molecule has 0 aromatic carbocycles. The van der Waals surface area contributed by atoms with Gasteiger partial charge in [0.05, 0.1) is 6.61 Å². The maximum Gasteiger partial charge on any atom is 0.409 e. The molecule has 2 heterocycles. The van der Waals surface area contributed by atoms with Gasteiger partial charge in [-0.2, -0.15) is 0 Å². The smallest absolute Gasteiger partial charge is 0.409 e. The Bertz CT molecular complexity index is 206. The van der Waals surface area contributed by atoms with Gasteiger partial charge in [0.25, 0.3) is 0 Å². The minimum Gasteiger partial charge on any atom is -0.450 e. The van der Waals surface area contributed by atoms with Gasteiger partial charge in [0, 0.05) is 19.1 Å². The van der Waals surface area contributed by atoms with Gasteiger partial charge >= 0.3 is 6.09 Å². The molecule has 80 valence electrons. The number of piperidine rings is 1. The number of hydrogen-bond acceptors (Lipinski definition) is 3. The van der Waals surface area contributed by atoms with Gasteiger partial charge in [-0.1, -0.05) is 0 Å². The van der Waals surface area contributed by atoms with Crippen LogP contribution in [-0.2, 0) is 4.74 Å². The maximum atomic E-state index is 11.5. The van der Waals surface area contributed by atoms with Crippen LogP contribution in [0.2, 0.25) is 0 Å². The maximum absolute atomic E-state index is 11.5. The molecule has 0 unspecified atom stereocenters. The van der Waals surface area contributed by atoms with E-state index in [-0.39, 0.29) is 6.09 Å². The van der Waals surface area contributed by atoms with Crippen LogP contribution in [0.5, 0.6) is 0 Å². The van der Waals surface area contributed by atoms with Crippen LogP contribution in [0.3, 0.4) is 0 Å². The molecule has 1 amide bonds. The van der Waals surface area contributed by atoms with Crippen molar-refractivity contribution in [1.29, 1.82) is 0 Å². The van der Waals surface area contributed by atoms with Gasteiger partial charge in [-0.15, -0.1) is 0 Å². The van der Waals surface area contributed by atoms with E-state index in [4.69, 9.17) is 4.74 Å². The molecule has 0 radical (unpaired) electrons. The van der Waals surface area contributed by atoms with Crippen LogP contribution in [0.4, 0.5) is 4.79 Å². The zero-order chi connectivity index (χ0) is 9.97. The second kappa shape index (κ2) is 4.17. The van der Waals surface area contributed by atoms with E-state index in [0.29, 0.717) is 18.6 Å². The Hall–Kier alpha value is -0.770. The third-order valence-electron chi connectivity index (χ3n) is 3.13. The van der Waals surface area contributed by atoms with Gasteiger partial charge < -0.3 is 15.0 Å². The topological polar surface area (TPSA) is 41.6 Å². The first-order chi connectivity index (χ1) is 6.81. The lowest BCUT2D eigenvalue weighted by Crippen LogP contribution is -2.41. The Labute approximate surface area is 84.6 Å². The van der Waals surface area contributed by atoms with Gasteiger partial charge in [0.1, 0.15) is 0 Å². The molecule has 1 N–H and O–H groups in total. The van der Waals surface area contributed by atoms with Crippen molar-refractivity contribution in [3.63, 3.8) is 0 Å². The highest BCUT2D eigenvalue weighted by atomic mass is 16.6. The second-order valence-corrected chi connectivity index (χ2v) is 4.07. The lowest BCUT2D eigenvalue weighted by Gasteiger charge is -2.24. The highest BCUT2D eigenvalue weighted by Crippen LogP contribution is 2.25. The standard InChI is InChI=1S/C10H18N2O2/c1-2-14-10(13)12-6-8-4-3-5-11-9(8)7-12/h8-9,11H,2-7H2,1H3/t8-,9+/m1/s1. The SMILES string of the molecule is CCOC(=O)N1C[C@H]2CCCN[C@H]2C1. The molecule has 2 fully saturated rings. The molecule has 0 aliphatic carbocycles. The number of carbonyl (C=O) groups excluding carboxylic acids is 1. The van der Waals surface area contributed by atoms with Crippen molar-refractivity contribution in [3.8, 4) is 0 Å². The van der Waals surface area contributed by atoms with Crippen molar-refractivity contribution in [1.82, 2.24) is 10.2 Å². The quantitative estimate of drug-likeness (QED) is 0.678. The zero-order valence-electron chi connectivity index (χ0n) is 8.66. The lowest BCUT2D eigenvalue weighted by atomic mass is 9.94. The Balaban J connectivity index is 1.89. The summed E-state index contributed by atoms with van der Waals surface area (Å²) in [5, 5.41) is 3.46. The van der Waals surface area contributed by atoms with Crippen LogP contribution in [0.25, 0.3) is 0 Å². The summed E-state index contributed by atoms with van der Waals surface area (Å²) in [4.78, 5) is 13.3. The number of likely N-dealkylation sites (tertiary alicyclic amines) is 1. The first-order valence-corrected chi connectivity index (χ1v) is 5.46. The molecular weight excluding hydrogens is 180 g/mol. The van der Waals surface area contributed by atoms with Crippen molar-refractivity contribution in [2.45, 2.75) is 25.8 Å². The minimum atomic E-state index is -0.149. The minimum absolute atomic E-state index is 0.149. The summed E-state index contributed by atoms with van der Waals surface area (Å²) < 4.78 is 4.99. The molecule has 0 aromatic rings. The molecule has 4 nitrogen and oxygen atoms in total. The summed E-state index contributed by atoms with van der Waals surface area (Å²) in [6.07, 6.45) is 2.33. The molecule has 2 atom stereocenters. The van der Waals surface area contributed by atoms with E-state index >= 15 is 0 Å². The fourth-order valence-corrected chi connectivity index (χ4v) is 2.41. The van der Waals surface area contributed by atoms with E-state index in [1.807, 2.05) is 11.8 Å². The summed E-state index contributed by atoms with van der Waals surface area (Å²) in [5.41, 5.74) is 0. The fraction of sp³-hybridized carbons (Fsp3) is 0.900. The number of nitrogens with zero attached hydrogens (tertiary/aromatic N) is 1. The van der Waals surface area contributed by atoms with E-state index < -0.39 is 0 Å². The van der Waals surface area contributed by atoms with Gasteiger partial charge in [0.15, 0.2) is 0 Å². The summed E-state index contributed by atoms with van der Waals surface area (Å²) >= 11 is 0. The molecule has 0 aromatic heterocycles. The predicted molar refractivity (Wildman–Crippen MR) is 53.1 cm³/mol. The highest BCUT2D eigenvalue weighted by Gasteiger charge is 2.36. The second-order valence-electron chi connectivity index (χ2n) is 4.07. The zero-order valence-corrected chi connectivity index (χ0v) is 8.66. The number of fused-ring (bicyclic) bond motifs is 1. The third kappa shape index (κ3) is 1.85. The summed E-state index contributed by atoms with van der Waals surface area (Å²) in [5.74, 6) is 0.646. The monoisotopic (exact) mass is 198 g/mol. The Morgan fingerprint density at radius 3 is 3.14 bits per heavy atom. The van der Waals surface area contributed by atoms with Crippen molar-refractivity contribution < 1.29 is 9.53 Å². The third-order valence-corrected chi connectivity index (χ3v) is 3.13. The number of rotatable bonds is 1. The molecule has 0 bridgehead atoms. The molecule has 2 rings (SSSR count). The molecule has 4 heteroatoms. The van der Waals surface area contributed by atoms with Crippen LogP contribution in [0.15, 0.2) is 0 Å². The van der Waals surface area contributed by atoms with E-state index in [1.54, 1.807) is 0 Å². The first-order valence-electron chi connectivity index (χ1n) is 5.46. The normalized spacial score (nSPS) is 31.4. The largest absolute Gasteiger partial charge is 0.450 e. The Kier molecular flexibility index (Phi) is 2.91. The van der Waals surface area contributed by atoms with Crippen molar-refractivity contribution >= 4 is 6.09 Å². The number of nitrogens with one attached hydrogen (secondary N) is 1. The highest BCUT2D eigenvalue weighted by molar-refractivity contribution is 5.68. The number of amides is 1. The van der Waals surface area contributed by atoms with Crippen LogP contribution < -0.4 is 5.32 Å². The molecule has 2 aliphatic rings. The average Bonchev–Trinajstić information content (AvgIpc) is 2.61. The van der Waals surface area contributed by atoms with Crippen LogP contribution in [0.1, 0.15) is 19.8 Å². The Morgan fingerprint density at radius 2 is 2.43 bits per heavy atom. The average molecular weight is 198 g/mol. The summed E-state index contributed by atoms with van der Waals surface area (Å²) in [7, 11) is 0. The van der Waals surface area contributed by atoms with Gasteiger partial charge in [-0.05, 0) is 32.2 Å². The molecule has 2 aliphatic heterocycles. The predicted octanol–water partition coefficient (Wildman–Crippen LogP) is 0.827. The van der Waals surface area contributed by atoms with Gasteiger partial charge in [0.2, 0.25) is 0 Å². The number of carbonyl (C=O) groups is 1. The summed E-state index contributed by atoms with van der Waals surface area (Å²) in [6.45, 7) is 5.11. The molecular formula is C10H18N2O2. The van der Waals surface area contributed by atoms with Crippen LogP contribution in [0, 0.1) is 5.92 Å². The van der Waals surface area contributed by atoms with Gasteiger partial charge in [-0.25, -0.2) is 4.79 Å². The molecule has 2 saturated heterocycles. The number of hydrogen-bond donors (Lipinski definition) is 1. The molecule has 0 saturated carbocycles. The van der Waals surface area contributed by atoms with Crippen molar-refractivity contribution in [3.05, 3.63) is 0 Å². The fourth-order valence-electron chi connectivity index (χ4n) is 2.41.